The van der Waals surface area contributed by atoms with Gasteiger partial charge in [0.25, 0.3) is 0 Å². The summed E-state index contributed by atoms with van der Waals surface area (Å²) in [5.41, 5.74) is 1.80. The van der Waals surface area contributed by atoms with E-state index < -0.39 is 0 Å². The van der Waals surface area contributed by atoms with Crippen LogP contribution in [0.3, 0.4) is 0 Å². The molecule has 1 aliphatic heterocycles. The van der Waals surface area contributed by atoms with Crippen molar-refractivity contribution < 1.29 is 9.47 Å². The highest BCUT2D eigenvalue weighted by Gasteiger charge is 2.25. The molecule has 1 aliphatic carbocycles. The second kappa shape index (κ2) is 5.15. The minimum absolute atomic E-state index is 0.0305. The van der Waals surface area contributed by atoms with Crippen LogP contribution < -0.4 is 0 Å². The van der Waals surface area contributed by atoms with Crippen molar-refractivity contribution in [3.8, 4) is 0 Å². The molecule has 0 saturated carbocycles. The Labute approximate surface area is 98.3 Å². The molecule has 0 aromatic carbocycles. The number of allylic oxidation sites excluding steroid dienone is 4. The van der Waals surface area contributed by atoms with E-state index in [-0.39, 0.29) is 11.7 Å². The van der Waals surface area contributed by atoms with Crippen LogP contribution in [-0.2, 0) is 9.47 Å². The zero-order valence-corrected chi connectivity index (χ0v) is 10.4. The molecule has 90 valence electrons. The molecule has 16 heavy (non-hydrogen) atoms. The summed E-state index contributed by atoms with van der Waals surface area (Å²) in [6.45, 7) is 6.34. The Balaban J connectivity index is 1.79. The lowest BCUT2D eigenvalue weighted by Gasteiger charge is -2.30. The number of ether oxygens (including phenoxy) is 2. The van der Waals surface area contributed by atoms with E-state index in [1.165, 1.54) is 5.57 Å². The van der Waals surface area contributed by atoms with Crippen molar-refractivity contribution in [1.29, 1.82) is 0 Å². The van der Waals surface area contributed by atoms with E-state index in [1.54, 1.807) is 0 Å². The van der Waals surface area contributed by atoms with Gasteiger partial charge < -0.3 is 9.47 Å². The third-order valence-corrected chi connectivity index (χ3v) is 3.54. The van der Waals surface area contributed by atoms with Gasteiger partial charge in [0.1, 0.15) is 0 Å². The molecule has 1 saturated heterocycles. The average Bonchev–Trinajstić information content (AvgIpc) is 2.82. The summed E-state index contributed by atoms with van der Waals surface area (Å²) in [5, 5.41) is 0. The van der Waals surface area contributed by atoms with Crippen LogP contribution in [0.2, 0.25) is 0 Å². The van der Waals surface area contributed by atoms with Gasteiger partial charge >= 0.3 is 0 Å². The second-order valence-corrected chi connectivity index (χ2v) is 5.27. The van der Waals surface area contributed by atoms with Gasteiger partial charge in [-0.05, 0) is 31.1 Å². The second-order valence-electron chi connectivity index (χ2n) is 5.27. The molecule has 0 unspecified atom stereocenters. The van der Waals surface area contributed by atoms with Crippen molar-refractivity contribution in [1.82, 2.24) is 0 Å². The average molecular weight is 222 g/mol. The van der Waals surface area contributed by atoms with Gasteiger partial charge in [0, 0.05) is 0 Å². The van der Waals surface area contributed by atoms with Crippen LogP contribution in [-0.4, -0.2) is 19.5 Å². The van der Waals surface area contributed by atoms with Gasteiger partial charge in [-0.3, -0.25) is 0 Å². The van der Waals surface area contributed by atoms with Gasteiger partial charge in [-0.2, -0.15) is 0 Å². The predicted molar refractivity (Wildman–Crippen MR) is 65.2 cm³/mol. The Kier molecular flexibility index (Phi) is 3.82. The molecule has 0 N–H and O–H groups in total. The van der Waals surface area contributed by atoms with Crippen molar-refractivity contribution in [2.75, 3.05) is 13.2 Å². The molecule has 0 radical (unpaired) electrons. The minimum Gasteiger partial charge on any atom is -0.353 e. The van der Waals surface area contributed by atoms with Crippen molar-refractivity contribution >= 4 is 0 Å². The van der Waals surface area contributed by atoms with Gasteiger partial charge in [0.05, 0.1) is 13.2 Å². The maximum Gasteiger partial charge on any atom is 0.157 e. The summed E-state index contributed by atoms with van der Waals surface area (Å²) in [6, 6.07) is 0. The van der Waals surface area contributed by atoms with Gasteiger partial charge in [-0.15, -0.1) is 0 Å². The Morgan fingerprint density at radius 1 is 1.31 bits per heavy atom. The molecule has 1 fully saturated rings. The highest BCUT2D eigenvalue weighted by atomic mass is 16.7. The van der Waals surface area contributed by atoms with Crippen LogP contribution in [0.15, 0.2) is 23.8 Å². The highest BCUT2D eigenvalue weighted by Crippen LogP contribution is 2.36. The predicted octanol–water partition coefficient (Wildman–Crippen LogP) is 3.44. The van der Waals surface area contributed by atoms with E-state index in [0.29, 0.717) is 0 Å². The van der Waals surface area contributed by atoms with Crippen LogP contribution in [0.5, 0.6) is 0 Å². The molecule has 0 aromatic rings. The molecule has 2 heteroatoms. The lowest BCUT2D eigenvalue weighted by molar-refractivity contribution is -0.183. The number of hydrogen-bond acceptors (Lipinski definition) is 2. The standard InChI is InChI=1S/C14H22O2/c1-14(2,12-6-3-4-7-12)9-8-13-15-10-5-11-16-13/h3-4,6,13H,5,7-11H2,1-2H3. The monoisotopic (exact) mass is 222 g/mol. The first-order chi connectivity index (χ1) is 7.68. The molecule has 2 rings (SSSR count). The van der Waals surface area contributed by atoms with Gasteiger partial charge in [0.2, 0.25) is 0 Å². The van der Waals surface area contributed by atoms with Crippen LogP contribution in [0, 0.1) is 5.41 Å². The van der Waals surface area contributed by atoms with Crippen molar-refractivity contribution in [2.45, 2.75) is 45.8 Å². The molecular weight excluding hydrogens is 200 g/mol. The summed E-state index contributed by atoms with van der Waals surface area (Å²) in [5.74, 6) is 0. The third kappa shape index (κ3) is 2.96. The first kappa shape index (κ1) is 11.9. The first-order valence-electron chi connectivity index (χ1n) is 6.28. The smallest absolute Gasteiger partial charge is 0.157 e. The van der Waals surface area contributed by atoms with E-state index in [4.69, 9.17) is 9.47 Å². The SMILES string of the molecule is CC(C)(CCC1OCCCO1)C1=CC=CC1. The van der Waals surface area contributed by atoms with E-state index in [2.05, 4.69) is 32.1 Å². The molecular formula is C14H22O2. The van der Waals surface area contributed by atoms with Gasteiger partial charge in [0.15, 0.2) is 6.29 Å². The Morgan fingerprint density at radius 2 is 2.06 bits per heavy atom. The molecule has 2 aliphatic rings. The van der Waals surface area contributed by atoms with Crippen LogP contribution in [0.1, 0.15) is 39.5 Å². The fraction of sp³-hybridized carbons (Fsp3) is 0.714. The summed E-state index contributed by atoms with van der Waals surface area (Å²) >= 11 is 0. The molecule has 0 atom stereocenters. The summed E-state index contributed by atoms with van der Waals surface area (Å²) in [7, 11) is 0. The fourth-order valence-corrected chi connectivity index (χ4v) is 2.29. The quantitative estimate of drug-likeness (QED) is 0.725. The normalized spacial score (nSPS) is 22.5. The Hall–Kier alpha value is -0.600. The summed E-state index contributed by atoms with van der Waals surface area (Å²) < 4.78 is 11.2. The van der Waals surface area contributed by atoms with E-state index in [1.807, 2.05) is 0 Å². The number of hydrogen-bond donors (Lipinski definition) is 0. The molecule has 0 amide bonds. The highest BCUT2D eigenvalue weighted by molar-refractivity contribution is 5.27. The topological polar surface area (TPSA) is 18.5 Å². The molecule has 2 nitrogen and oxygen atoms in total. The van der Waals surface area contributed by atoms with E-state index >= 15 is 0 Å². The zero-order chi connectivity index (χ0) is 11.4. The molecule has 0 aromatic heterocycles. The van der Waals surface area contributed by atoms with Crippen LogP contribution in [0.25, 0.3) is 0 Å². The number of rotatable bonds is 4. The lowest BCUT2D eigenvalue weighted by Crippen LogP contribution is -2.27. The largest absolute Gasteiger partial charge is 0.353 e. The molecule has 0 spiro atoms. The fourth-order valence-electron chi connectivity index (χ4n) is 2.29. The van der Waals surface area contributed by atoms with Crippen molar-refractivity contribution in [3.63, 3.8) is 0 Å². The van der Waals surface area contributed by atoms with Crippen molar-refractivity contribution in [2.24, 2.45) is 5.41 Å². The van der Waals surface area contributed by atoms with Crippen LogP contribution in [0.4, 0.5) is 0 Å². The first-order valence-corrected chi connectivity index (χ1v) is 6.28. The molecule has 0 bridgehead atoms. The third-order valence-electron chi connectivity index (χ3n) is 3.54. The van der Waals surface area contributed by atoms with Gasteiger partial charge in [-0.25, -0.2) is 0 Å². The maximum absolute atomic E-state index is 5.58. The Bertz CT molecular complexity index is 283. The van der Waals surface area contributed by atoms with Crippen molar-refractivity contribution in [3.05, 3.63) is 23.8 Å². The van der Waals surface area contributed by atoms with E-state index in [0.717, 1.165) is 38.9 Å². The molecule has 1 heterocycles. The van der Waals surface area contributed by atoms with Gasteiger partial charge in [-0.1, -0.05) is 37.6 Å². The lowest BCUT2D eigenvalue weighted by atomic mass is 9.79. The maximum atomic E-state index is 5.58. The van der Waals surface area contributed by atoms with Crippen LogP contribution >= 0.6 is 0 Å². The minimum atomic E-state index is 0.0305. The Morgan fingerprint density at radius 3 is 2.69 bits per heavy atom. The summed E-state index contributed by atoms with van der Waals surface area (Å²) in [4.78, 5) is 0. The van der Waals surface area contributed by atoms with E-state index in [9.17, 15) is 0 Å². The zero-order valence-electron chi connectivity index (χ0n) is 10.4. The summed E-state index contributed by atoms with van der Waals surface area (Å²) in [6.07, 6.45) is 10.9.